The Morgan fingerprint density at radius 1 is 1.19 bits per heavy atom. The molecule has 0 aromatic heterocycles. The normalized spacial score (nSPS) is 10.0. The molecule has 1 N–H and O–H groups in total. The van der Waals surface area contributed by atoms with Crippen molar-refractivity contribution in [1.82, 2.24) is 0 Å². The number of nitrogens with one attached hydrogen (secondary N) is 1. The van der Waals surface area contributed by atoms with Gasteiger partial charge in [-0.3, -0.25) is 0 Å². The van der Waals surface area contributed by atoms with E-state index in [9.17, 15) is 0 Å². The van der Waals surface area contributed by atoms with Gasteiger partial charge in [-0.25, -0.2) is 0 Å². The van der Waals surface area contributed by atoms with Crippen molar-refractivity contribution in [3.05, 3.63) is 65.7 Å². The van der Waals surface area contributed by atoms with Crippen molar-refractivity contribution in [3.8, 4) is 11.5 Å². The van der Waals surface area contributed by atoms with Gasteiger partial charge in [0.25, 0.3) is 0 Å². The van der Waals surface area contributed by atoms with Crippen molar-refractivity contribution in [3.63, 3.8) is 0 Å². The number of hydrogen-bond donors (Lipinski definition) is 1. The molecule has 21 heavy (non-hydrogen) atoms. The third-order valence-electron chi connectivity index (χ3n) is 2.94. The molecule has 0 spiro atoms. The first-order chi connectivity index (χ1) is 10.2. The summed E-state index contributed by atoms with van der Waals surface area (Å²) in [7, 11) is 1.65. The summed E-state index contributed by atoms with van der Waals surface area (Å²) in [5.74, 6) is 1.51. The lowest BCUT2D eigenvalue weighted by molar-refractivity contribution is 0.363. The third-order valence-corrected chi connectivity index (χ3v) is 3.24. The topological polar surface area (TPSA) is 30.5 Å². The van der Waals surface area contributed by atoms with Gasteiger partial charge in [0, 0.05) is 12.2 Å². The summed E-state index contributed by atoms with van der Waals surface area (Å²) in [6.45, 7) is 4.75. The molecule has 0 amide bonds. The van der Waals surface area contributed by atoms with Crippen molar-refractivity contribution < 1.29 is 9.47 Å². The van der Waals surface area contributed by atoms with Crippen molar-refractivity contribution in [2.75, 3.05) is 19.0 Å². The Kier molecular flexibility index (Phi) is 5.52. The fourth-order valence-corrected chi connectivity index (χ4v) is 2.09. The highest BCUT2D eigenvalue weighted by Gasteiger charge is 2.03. The van der Waals surface area contributed by atoms with E-state index < -0.39 is 0 Å². The van der Waals surface area contributed by atoms with Gasteiger partial charge in [-0.1, -0.05) is 30.3 Å². The van der Waals surface area contributed by atoms with Crippen molar-refractivity contribution in [2.24, 2.45) is 0 Å². The van der Waals surface area contributed by atoms with Crippen LogP contribution in [0.4, 0.5) is 5.69 Å². The minimum atomic E-state index is 0.448. The highest BCUT2D eigenvalue weighted by atomic mass is 35.5. The van der Waals surface area contributed by atoms with Gasteiger partial charge in [0.1, 0.15) is 18.1 Å². The van der Waals surface area contributed by atoms with E-state index in [1.54, 1.807) is 13.2 Å². The predicted octanol–water partition coefficient (Wildman–Crippen LogP) is 4.53. The Hall–Kier alpha value is -2.13. The zero-order valence-electron chi connectivity index (χ0n) is 11.9. The molecule has 0 fully saturated rings. The third kappa shape index (κ3) is 4.43. The lowest BCUT2D eigenvalue weighted by atomic mass is 10.2. The van der Waals surface area contributed by atoms with Gasteiger partial charge in [0.15, 0.2) is 0 Å². The number of benzene rings is 2. The van der Waals surface area contributed by atoms with Gasteiger partial charge in [-0.05, 0) is 42.0 Å². The first-order valence-electron chi connectivity index (χ1n) is 6.63. The molecule has 0 radical (unpaired) electrons. The summed E-state index contributed by atoms with van der Waals surface area (Å²) in [5.41, 5.74) is 2.11. The molecule has 4 heteroatoms. The standard InChI is InChI=1S/C17H18ClNO2/c1-3-10-21-17-9-4-13(11-16(17)18)12-19-14-5-7-15(20-2)8-6-14/h3-9,11,19H,1,10,12H2,2H3. The average Bonchev–Trinajstić information content (AvgIpc) is 2.52. The zero-order chi connectivity index (χ0) is 15.1. The maximum Gasteiger partial charge on any atom is 0.138 e. The van der Waals surface area contributed by atoms with Crippen molar-refractivity contribution in [1.29, 1.82) is 0 Å². The Bertz CT molecular complexity index is 596. The maximum absolute atomic E-state index is 6.18. The fraction of sp³-hybridized carbons (Fsp3) is 0.176. The number of anilines is 1. The number of rotatable bonds is 7. The Morgan fingerprint density at radius 2 is 1.95 bits per heavy atom. The van der Waals surface area contributed by atoms with Crippen LogP contribution < -0.4 is 14.8 Å². The van der Waals surface area contributed by atoms with E-state index in [1.807, 2.05) is 42.5 Å². The summed E-state index contributed by atoms with van der Waals surface area (Å²) >= 11 is 6.18. The molecule has 0 atom stereocenters. The van der Waals surface area contributed by atoms with E-state index >= 15 is 0 Å². The van der Waals surface area contributed by atoms with Crippen LogP contribution in [-0.2, 0) is 6.54 Å². The van der Waals surface area contributed by atoms with Crippen LogP contribution in [0.15, 0.2) is 55.1 Å². The summed E-state index contributed by atoms with van der Waals surface area (Å²) in [6.07, 6.45) is 1.69. The van der Waals surface area contributed by atoms with Gasteiger partial charge >= 0.3 is 0 Å². The highest BCUT2D eigenvalue weighted by Crippen LogP contribution is 2.26. The largest absolute Gasteiger partial charge is 0.497 e. The SMILES string of the molecule is C=CCOc1ccc(CNc2ccc(OC)cc2)cc1Cl. The van der Waals surface area contributed by atoms with Crippen LogP contribution in [0.3, 0.4) is 0 Å². The van der Waals surface area contributed by atoms with E-state index in [-0.39, 0.29) is 0 Å². The van der Waals surface area contributed by atoms with Crippen LogP contribution in [0.25, 0.3) is 0 Å². The average molecular weight is 304 g/mol. The zero-order valence-corrected chi connectivity index (χ0v) is 12.7. The van der Waals surface area contributed by atoms with Gasteiger partial charge in [-0.2, -0.15) is 0 Å². The smallest absolute Gasteiger partial charge is 0.138 e. The lowest BCUT2D eigenvalue weighted by Gasteiger charge is -2.10. The van der Waals surface area contributed by atoms with E-state index in [1.165, 1.54) is 0 Å². The Labute approximate surface area is 130 Å². The van der Waals surface area contributed by atoms with Crippen molar-refractivity contribution >= 4 is 17.3 Å². The van der Waals surface area contributed by atoms with E-state index in [2.05, 4.69) is 11.9 Å². The molecule has 0 aliphatic rings. The quantitative estimate of drug-likeness (QED) is 0.763. The van der Waals surface area contributed by atoms with Gasteiger partial charge in [-0.15, -0.1) is 0 Å². The first-order valence-corrected chi connectivity index (χ1v) is 7.01. The second kappa shape index (κ2) is 7.60. The number of hydrogen-bond acceptors (Lipinski definition) is 3. The molecule has 0 heterocycles. The monoisotopic (exact) mass is 303 g/mol. The van der Waals surface area contributed by atoms with Gasteiger partial charge < -0.3 is 14.8 Å². The molecule has 0 unspecified atom stereocenters. The molecule has 0 saturated heterocycles. The summed E-state index contributed by atoms with van der Waals surface area (Å²) in [4.78, 5) is 0. The second-order valence-corrected chi connectivity index (χ2v) is 4.85. The minimum absolute atomic E-state index is 0.448. The molecule has 3 nitrogen and oxygen atoms in total. The van der Waals surface area contributed by atoms with E-state index in [0.29, 0.717) is 23.9 Å². The van der Waals surface area contributed by atoms with Gasteiger partial charge in [0.2, 0.25) is 0 Å². The van der Waals surface area contributed by atoms with Crippen LogP contribution >= 0.6 is 11.6 Å². The molecule has 0 aliphatic heterocycles. The van der Waals surface area contributed by atoms with Crippen LogP contribution in [0.1, 0.15) is 5.56 Å². The van der Waals surface area contributed by atoms with Crippen LogP contribution in [0.5, 0.6) is 11.5 Å². The molecule has 110 valence electrons. The minimum Gasteiger partial charge on any atom is -0.497 e. The van der Waals surface area contributed by atoms with Gasteiger partial charge in [0.05, 0.1) is 12.1 Å². The maximum atomic E-state index is 6.18. The molecule has 2 aromatic rings. The Morgan fingerprint density at radius 3 is 2.57 bits per heavy atom. The van der Waals surface area contributed by atoms with Crippen LogP contribution in [0.2, 0.25) is 5.02 Å². The number of methoxy groups -OCH3 is 1. The molecular formula is C17H18ClNO2. The highest BCUT2D eigenvalue weighted by molar-refractivity contribution is 6.32. The first kappa shape index (κ1) is 15.3. The summed E-state index contributed by atoms with van der Waals surface area (Å²) in [6, 6.07) is 13.5. The van der Waals surface area contributed by atoms with Crippen LogP contribution in [0, 0.1) is 0 Å². The lowest BCUT2D eigenvalue weighted by Crippen LogP contribution is -2.00. The number of ether oxygens (including phenoxy) is 2. The van der Waals surface area contributed by atoms with Crippen molar-refractivity contribution in [2.45, 2.75) is 6.54 Å². The molecule has 0 aliphatic carbocycles. The summed E-state index contributed by atoms with van der Waals surface area (Å²) in [5, 5.41) is 3.93. The fourth-order valence-electron chi connectivity index (χ4n) is 1.83. The summed E-state index contributed by atoms with van der Waals surface area (Å²) < 4.78 is 10.6. The Balaban J connectivity index is 1.96. The molecule has 0 bridgehead atoms. The van der Waals surface area contributed by atoms with E-state index in [0.717, 1.165) is 17.0 Å². The molecule has 0 saturated carbocycles. The van der Waals surface area contributed by atoms with Crippen LogP contribution in [-0.4, -0.2) is 13.7 Å². The van der Waals surface area contributed by atoms with E-state index in [4.69, 9.17) is 21.1 Å². The molecule has 2 aromatic carbocycles. The predicted molar refractivity (Wildman–Crippen MR) is 87.5 cm³/mol. The molecule has 2 rings (SSSR count). The number of halogens is 1. The molecular weight excluding hydrogens is 286 g/mol. The second-order valence-electron chi connectivity index (χ2n) is 4.45.